The summed E-state index contributed by atoms with van der Waals surface area (Å²) in [6.07, 6.45) is 6.77. The summed E-state index contributed by atoms with van der Waals surface area (Å²) < 4.78 is 22.4. The van der Waals surface area contributed by atoms with Gasteiger partial charge in [0.2, 0.25) is 0 Å². The number of unbranched alkanes of at least 4 members (excludes halogenated alkanes) is 1. The molecule has 1 heterocycles. The topological polar surface area (TPSA) is 37.4 Å². The predicted molar refractivity (Wildman–Crippen MR) is 90.1 cm³/mol. The lowest BCUT2D eigenvalue weighted by Gasteiger charge is -2.26. The van der Waals surface area contributed by atoms with Gasteiger partial charge in [0, 0.05) is 19.6 Å². The summed E-state index contributed by atoms with van der Waals surface area (Å²) in [6.45, 7) is 6.42. The van der Waals surface area contributed by atoms with E-state index in [1.807, 2.05) is 18.2 Å². The standard InChI is InChI=1S/C11H15NO2S.C6H12/c13-15(14)8-6-12(7-9-15)10-11-4-2-1-3-5-11;1-3-5-6-4-2/h1-5H,6-10H2;3,5H,4,6H2,1-2H3/b;5-3+. The Hall–Kier alpha value is -1.13. The van der Waals surface area contributed by atoms with Gasteiger partial charge in [-0.15, -0.1) is 0 Å². The summed E-state index contributed by atoms with van der Waals surface area (Å²) in [5.74, 6) is 0.611. The first-order valence-electron chi connectivity index (χ1n) is 7.65. The monoisotopic (exact) mass is 309 g/mol. The van der Waals surface area contributed by atoms with Gasteiger partial charge in [0.05, 0.1) is 11.5 Å². The normalized spacial score (nSPS) is 18.2. The highest BCUT2D eigenvalue weighted by Crippen LogP contribution is 2.09. The third-order valence-corrected chi connectivity index (χ3v) is 4.99. The molecule has 1 aliphatic heterocycles. The van der Waals surface area contributed by atoms with Gasteiger partial charge in [0.1, 0.15) is 0 Å². The van der Waals surface area contributed by atoms with E-state index in [4.69, 9.17) is 0 Å². The number of hydrogen-bond donors (Lipinski definition) is 0. The Bertz CT molecular complexity index is 495. The van der Waals surface area contributed by atoms with Crippen LogP contribution >= 0.6 is 0 Å². The van der Waals surface area contributed by atoms with Crippen molar-refractivity contribution in [2.24, 2.45) is 0 Å². The maximum Gasteiger partial charge on any atom is 0.152 e. The molecule has 0 aromatic heterocycles. The van der Waals surface area contributed by atoms with Gasteiger partial charge in [0.15, 0.2) is 9.84 Å². The molecule has 0 aliphatic carbocycles. The van der Waals surface area contributed by atoms with E-state index in [1.54, 1.807) is 0 Å². The maximum absolute atomic E-state index is 11.2. The van der Waals surface area contributed by atoms with Crippen LogP contribution in [0.25, 0.3) is 0 Å². The molecule has 0 atom stereocenters. The molecule has 118 valence electrons. The van der Waals surface area contributed by atoms with Gasteiger partial charge < -0.3 is 0 Å². The molecule has 0 saturated carbocycles. The Kier molecular flexibility index (Phi) is 8.31. The first-order valence-corrected chi connectivity index (χ1v) is 9.47. The number of rotatable bonds is 4. The van der Waals surface area contributed by atoms with E-state index < -0.39 is 9.84 Å². The van der Waals surface area contributed by atoms with Crippen LogP contribution < -0.4 is 0 Å². The van der Waals surface area contributed by atoms with Gasteiger partial charge in [-0.3, -0.25) is 4.90 Å². The molecule has 0 radical (unpaired) electrons. The van der Waals surface area contributed by atoms with Crippen molar-refractivity contribution in [2.75, 3.05) is 24.6 Å². The Morgan fingerprint density at radius 3 is 2.24 bits per heavy atom. The highest BCUT2D eigenvalue weighted by molar-refractivity contribution is 7.91. The van der Waals surface area contributed by atoms with Crippen molar-refractivity contribution in [3.63, 3.8) is 0 Å². The molecule has 1 fully saturated rings. The van der Waals surface area contributed by atoms with E-state index in [-0.39, 0.29) is 0 Å². The minimum atomic E-state index is -2.75. The van der Waals surface area contributed by atoms with E-state index in [9.17, 15) is 8.42 Å². The Morgan fingerprint density at radius 2 is 1.76 bits per heavy atom. The van der Waals surface area contributed by atoms with Crippen LogP contribution in [0.5, 0.6) is 0 Å². The van der Waals surface area contributed by atoms with Crippen LogP contribution in [0.3, 0.4) is 0 Å². The fourth-order valence-corrected chi connectivity index (χ4v) is 3.36. The van der Waals surface area contributed by atoms with E-state index in [2.05, 4.69) is 43.0 Å². The number of hydrogen-bond acceptors (Lipinski definition) is 3. The zero-order valence-corrected chi connectivity index (χ0v) is 14.0. The minimum Gasteiger partial charge on any atom is -0.297 e. The zero-order valence-electron chi connectivity index (χ0n) is 13.2. The van der Waals surface area contributed by atoms with Crippen LogP contribution in [0.15, 0.2) is 42.5 Å². The molecular formula is C17H27NO2S. The Morgan fingerprint density at radius 1 is 1.14 bits per heavy atom. The van der Waals surface area contributed by atoms with E-state index in [0.29, 0.717) is 24.6 Å². The third kappa shape index (κ3) is 8.02. The number of nitrogens with zero attached hydrogens (tertiary/aromatic N) is 1. The quantitative estimate of drug-likeness (QED) is 0.801. The lowest BCUT2D eigenvalue weighted by Crippen LogP contribution is -2.39. The van der Waals surface area contributed by atoms with Crippen molar-refractivity contribution in [2.45, 2.75) is 33.2 Å². The van der Waals surface area contributed by atoms with E-state index in [1.165, 1.54) is 18.4 Å². The average molecular weight is 309 g/mol. The van der Waals surface area contributed by atoms with Crippen molar-refractivity contribution >= 4 is 9.84 Å². The first kappa shape index (κ1) is 17.9. The van der Waals surface area contributed by atoms with Crippen molar-refractivity contribution in [1.29, 1.82) is 0 Å². The number of benzene rings is 1. The molecule has 0 amide bonds. The molecular weight excluding hydrogens is 282 g/mol. The molecule has 1 aromatic carbocycles. The molecule has 4 heteroatoms. The van der Waals surface area contributed by atoms with Crippen LogP contribution in [-0.4, -0.2) is 37.9 Å². The van der Waals surface area contributed by atoms with Crippen LogP contribution in [0.4, 0.5) is 0 Å². The minimum absolute atomic E-state index is 0.305. The molecule has 3 nitrogen and oxygen atoms in total. The van der Waals surface area contributed by atoms with Gasteiger partial charge in [0.25, 0.3) is 0 Å². The molecule has 2 rings (SSSR count). The second kappa shape index (κ2) is 9.74. The highest BCUT2D eigenvalue weighted by atomic mass is 32.2. The first-order chi connectivity index (χ1) is 10.1. The van der Waals surface area contributed by atoms with Gasteiger partial charge in [-0.05, 0) is 18.9 Å². The summed E-state index contributed by atoms with van der Waals surface area (Å²) in [7, 11) is -2.75. The molecule has 1 saturated heterocycles. The number of allylic oxidation sites excluding steroid dienone is 2. The summed E-state index contributed by atoms with van der Waals surface area (Å²) in [4.78, 5) is 2.19. The van der Waals surface area contributed by atoms with Crippen molar-refractivity contribution in [3.05, 3.63) is 48.0 Å². The van der Waals surface area contributed by atoms with Crippen LogP contribution in [0.2, 0.25) is 0 Å². The van der Waals surface area contributed by atoms with Gasteiger partial charge in [-0.1, -0.05) is 55.8 Å². The van der Waals surface area contributed by atoms with Crippen LogP contribution in [-0.2, 0) is 16.4 Å². The molecule has 0 unspecified atom stereocenters. The van der Waals surface area contributed by atoms with Crippen molar-refractivity contribution < 1.29 is 8.42 Å². The molecule has 1 aliphatic rings. The lowest BCUT2D eigenvalue weighted by molar-refractivity contribution is 0.287. The largest absolute Gasteiger partial charge is 0.297 e. The molecule has 0 bridgehead atoms. The van der Waals surface area contributed by atoms with E-state index in [0.717, 1.165) is 6.54 Å². The smallest absolute Gasteiger partial charge is 0.152 e. The maximum atomic E-state index is 11.2. The average Bonchev–Trinajstić information content (AvgIpc) is 2.49. The fourth-order valence-electron chi connectivity index (χ4n) is 2.08. The third-order valence-electron chi connectivity index (χ3n) is 3.38. The molecule has 21 heavy (non-hydrogen) atoms. The van der Waals surface area contributed by atoms with E-state index >= 15 is 0 Å². The fraction of sp³-hybridized carbons (Fsp3) is 0.529. The predicted octanol–water partition coefficient (Wildman–Crippen LogP) is 3.28. The number of sulfone groups is 1. The second-order valence-electron chi connectivity index (χ2n) is 5.27. The van der Waals surface area contributed by atoms with Crippen LogP contribution in [0, 0.1) is 0 Å². The van der Waals surface area contributed by atoms with Gasteiger partial charge in [-0.2, -0.15) is 0 Å². The van der Waals surface area contributed by atoms with Gasteiger partial charge in [-0.25, -0.2) is 8.42 Å². The molecule has 0 spiro atoms. The summed E-state index contributed by atoms with van der Waals surface area (Å²) in [5, 5.41) is 0. The molecule has 1 aromatic rings. The zero-order chi connectivity index (χ0) is 15.6. The van der Waals surface area contributed by atoms with Gasteiger partial charge >= 0.3 is 0 Å². The van der Waals surface area contributed by atoms with Crippen molar-refractivity contribution in [1.82, 2.24) is 4.90 Å². The summed E-state index contributed by atoms with van der Waals surface area (Å²) >= 11 is 0. The van der Waals surface area contributed by atoms with Crippen LogP contribution in [0.1, 0.15) is 32.3 Å². The lowest BCUT2D eigenvalue weighted by atomic mass is 10.2. The second-order valence-corrected chi connectivity index (χ2v) is 7.57. The van der Waals surface area contributed by atoms with Crippen molar-refractivity contribution in [3.8, 4) is 0 Å². The Balaban J connectivity index is 0.000000315. The summed E-state index contributed by atoms with van der Waals surface area (Å²) in [6, 6.07) is 10.2. The summed E-state index contributed by atoms with van der Waals surface area (Å²) in [5.41, 5.74) is 1.25. The Labute approximate surface area is 129 Å². The molecule has 0 N–H and O–H groups in total. The SMILES string of the molecule is C/C=C/CCC.O=S1(=O)CCN(Cc2ccccc2)CC1. The highest BCUT2D eigenvalue weighted by Gasteiger charge is 2.21.